The average molecular weight is 284 g/mol. The number of carbonyl (C=O) groups is 1. The van der Waals surface area contributed by atoms with Crippen molar-refractivity contribution in [3.63, 3.8) is 0 Å². The van der Waals surface area contributed by atoms with Gasteiger partial charge in [-0.3, -0.25) is 10.1 Å². The van der Waals surface area contributed by atoms with Gasteiger partial charge in [0.15, 0.2) is 0 Å². The van der Waals surface area contributed by atoms with Crippen LogP contribution in [0.4, 0.5) is 0 Å². The smallest absolute Gasteiger partial charge is 0.323 e. The first-order valence-corrected chi connectivity index (χ1v) is 7.91. The minimum atomic E-state index is -0.747. The van der Waals surface area contributed by atoms with E-state index in [1.165, 1.54) is 0 Å². The second-order valence-corrected chi connectivity index (χ2v) is 6.32. The predicted molar refractivity (Wildman–Crippen MR) is 77.9 cm³/mol. The first-order valence-electron chi connectivity index (χ1n) is 7.91. The summed E-state index contributed by atoms with van der Waals surface area (Å²) >= 11 is 0. The lowest BCUT2D eigenvalue weighted by molar-refractivity contribution is -0.144. The summed E-state index contributed by atoms with van der Waals surface area (Å²) in [5.41, 5.74) is -0.747. The topological polar surface area (TPSA) is 61.8 Å². The Morgan fingerprint density at radius 3 is 2.85 bits per heavy atom. The predicted octanol–water partition coefficient (Wildman–Crippen LogP) is 1.47. The molecule has 1 saturated heterocycles. The summed E-state index contributed by atoms with van der Waals surface area (Å²) in [6.07, 6.45) is 6.08. The van der Waals surface area contributed by atoms with Crippen LogP contribution >= 0.6 is 0 Å². The highest BCUT2D eigenvalue weighted by molar-refractivity contribution is 5.78. The monoisotopic (exact) mass is 284 g/mol. The van der Waals surface area contributed by atoms with E-state index < -0.39 is 11.5 Å². The second-order valence-electron chi connectivity index (χ2n) is 6.32. The number of carboxylic acids is 1. The SMILES string of the molecule is CC(CCCCN1CCCOCC1)(NC1CC1)C(=O)O. The summed E-state index contributed by atoms with van der Waals surface area (Å²) in [5.74, 6) is -0.715. The van der Waals surface area contributed by atoms with Crippen LogP contribution in [0.15, 0.2) is 0 Å². The molecular weight excluding hydrogens is 256 g/mol. The van der Waals surface area contributed by atoms with Gasteiger partial charge in [0.25, 0.3) is 0 Å². The fraction of sp³-hybridized carbons (Fsp3) is 0.933. The molecule has 116 valence electrons. The lowest BCUT2D eigenvalue weighted by Crippen LogP contribution is -2.50. The van der Waals surface area contributed by atoms with Gasteiger partial charge in [-0.2, -0.15) is 0 Å². The molecule has 2 N–H and O–H groups in total. The maximum absolute atomic E-state index is 11.4. The van der Waals surface area contributed by atoms with E-state index in [1.54, 1.807) is 0 Å². The molecule has 1 aliphatic carbocycles. The Bertz CT molecular complexity index is 312. The molecule has 5 heteroatoms. The fourth-order valence-electron chi connectivity index (χ4n) is 2.75. The van der Waals surface area contributed by atoms with Gasteiger partial charge >= 0.3 is 5.97 Å². The molecule has 0 aromatic rings. The third-order valence-corrected chi connectivity index (χ3v) is 4.29. The fourth-order valence-corrected chi connectivity index (χ4v) is 2.75. The standard InChI is InChI=1S/C15H28N2O3/c1-15(14(18)19,16-13-5-6-13)7-2-3-8-17-9-4-11-20-12-10-17/h13,16H,2-12H2,1H3,(H,18,19). The molecule has 1 atom stereocenters. The molecule has 0 spiro atoms. The van der Waals surface area contributed by atoms with Crippen LogP contribution in [0.25, 0.3) is 0 Å². The van der Waals surface area contributed by atoms with Crippen molar-refractivity contribution in [2.75, 3.05) is 32.8 Å². The van der Waals surface area contributed by atoms with E-state index in [-0.39, 0.29) is 0 Å². The molecule has 1 aliphatic heterocycles. The van der Waals surface area contributed by atoms with Crippen LogP contribution in [0.1, 0.15) is 45.4 Å². The van der Waals surface area contributed by atoms with Crippen LogP contribution in [0.5, 0.6) is 0 Å². The van der Waals surface area contributed by atoms with Crippen LogP contribution in [0, 0.1) is 0 Å². The Morgan fingerprint density at radius 2 is 2.15 bits per heavy atom. The summed E-state index contributed by atoms with van der Waals surface area (Å²) in [6, 6.07) is 0.429. The quantitative estimate of drug-likeness (QED) is 0.661. The van der Waals surface area contributed by atoms with Crippen molar-refractivity contribution in [2.24, 2.45) is 0 Å². The number of nitrogens with zero attached hydrogens (tertiary/aromatic N) is 1. The molecule has 0 aromatic heterocycles. The van der Waals surface area contributed by atoms with Crippen molar-refractivity contribution in [1.82, 2.24) is 10.2 Å². The highest BCUT2D eigenvalue weighted by atomic mass is 16.5. The zero-order chi connectivity index (χ0) is 14.4. The number of carboxylic acid groups (broad SMARTS) is 1. The molecule has 0 aromatic carbocycles. The maximum atomic E-state index is 11.4. The zero-order valence-corrected chi connectivity index (χ0v) is 12.6. The molecular formula is C15H28N2O3. The van der Waals surface area contributed by atoms with Gasteiger partial charge in [-0.25, -0.2) is 0 Å². The van der Waals surface area contributed by atoms with Crippen LogP contribution in [-0.2, 0) is 9.53 Å². The van der Waals surface area contributed by atoms with E-state index in [0.717, 1.165) is 65.0 Å². The molecule has 0 radical (unpaired) electrons. The first-order chi connectivity index (χ1) is 9.60. The summed E-state index contributed by atoms with van der Waals surface area (Å²) < 4.78 is 5.44. The molecule has 20 heavy (non-hydrogen) atoms. The lowest BCUT2D eigenvalue weighted by atomic mass is 9.94. The third kappa shape index (κ3) is 5.04. The van der Waals surface area contributed by atoms with Crippen molar-refractivity contribution in [2.45, 2.75) is 57.0 Å². The van der Waals surface area contributed by atoms with E-state index in [4.69, 9.17) is 4.74 Å². The summed E-state index contributed by atoms with van der Waals surface area (Å²) in [7, 11) is 0. The van der Waals surface area contributed by atoms with Crippen molar-refractivity contribution in [3.05, 3.63) is 0 Å². The second kappa shape index (κ2) is 7.38. The van der Waals surface area contributed by atoms with Crippen molar-refractivity contribution >= 4 is 5.97 Å². The number of hydrogen-bond acceptors (Lipinski definition) is 4. The van der Waals surface area contributed by atoms with Gasteiger partial charge in [-0.05, 0) is 52.0 Å². The van der Waals surface area contributed by atoms with Gasteiger partial charge in [0, 0.05) is 25.7 Å². The minimum Gasteiger partial charge on any atom is -0.480 e. The zero-order valence-electron chi connectivity index (χ0n) is 12.6. The Balaban J connectivity index is 1.65. The molecule has 5 nitrogen and oxygen atoms in total. The number of rotatable bonds is 8. The molecule has 2 rings (SSSR count). The summed E-state index contributed by atoms with van der Waals surface area (Å²) in [5, 5.41) is 12.7. The Labute approximate surface area is 121 Å². The van der Waals surface area contributed by atoms with Gasteiger partial charge in [-0.15, -0.1) is 0 Å². The molecule has 1 unspecified atom stereocenters. The van der Waals surface area contributed by atoms with Gasteiger partial charge in [-0.1, -0.05) is 0 Å². The maximum Gasteiger partial charge on any atom is 0.323 e. The Morgan fingerprint density at radius 1 is 1.35 bits per heavy atom. The van der Waals surface area contributed by atoms with Crippen LogP contribution < -0.4 is 5.32 Å². The van der Waals surface area contributed by atoms with E-state index in [9.17, 15) is 9.90 Å². The van der Waals surface area contributed by atoms with Gasteiger partial charge in [0.1, 0.15) is 5.54 Å². The number of hydrogen-bond donors (Lipinski definition) is 2. The Hall–Kier alpha value is -0.650. The number of nitrogens with one attached hydrogen (secondary N) is 1. The molecule has 0 bridgehead atoms. The number of ether oxygens (including phenoxy) is 1. The minimum absolute atomic E-state index is 0.429. The highest BCUT2D eigenvalue weighted by Crippen LogP contribution is 2.25. The van der Waals surface area contributed by atoms with Gasteiger partial charge in [0.2, 0.25) is 0 Å². The van der Waals surface area contributed by atoms with E-state index in [1.807, 2.05) is 6.92 Å². The summed E-state index contributed by atoms with van der Waals surface area (Å²) in [6.45, 7) is 6.71. The number of aliphatic carboxylic acids is 1. The molecule has 2 aliphatic rings. The average Bonchev–Trinajstić information content (AvgIpc) is 3.22. The third-order valence-electron chi connectivity index (χ3n) is 4.29. The van der Waals surface area contributed by atoms with E-state index >= 15 is 0 Å². The number of unbranched alkanes of at least 4 members (excludes halogenated alkanes) is 1. The normalized spacial score (nSPS) is 24.1. The van der Waals surface area contributed by atoms with Crippen molar-refractivity contribution in [1.29, 1.82) is 0 Å². The molecule has 2 fully saturated rings. The summed E-state index contributed by atoms with van der Waals surface area (Å²) in [4.78, 5) is 13.9. The molecule has 0 amide bonds. The lowest BCUT2D eigenvalue weighted by Gasteiger charge is -2.27. The van der Waals surface area contributed by atoms with Crippen LogP contribution in [-0.4, -0.2) is 60.4 Å². The molecule has 1 saturated carbocycles. The van der Waals surface area contributed by atoms with Crippen LogP contribution in [0.2, 0.25) is 0 Å². The van der Waals surface area contributed by atoms with Gasteiger partial charge in [0.05, 0.1) is 6.61 Å². The van der Waals surface area contributed by atoms with E-state index in [2.05, 4.69) is 10.2 Å². The Kier molecular flexibility index (Phi) is 5.81. The van der Waals surface area contributed by atoms with Crippen molar-refractivity contribution < 1.29 is 14.6 Å². The molecule has 1 heterocycles. The van der Waals surface area contributed by atoms with Gasteiger partial charge < -0.3 is 14.7 Å². The van der Waals surface area contributed by atoms with E-state index in [0.29, 0.717) is 12.5 Å². The highest BCUT2D eigenvalue weighted by Gasteiger charge is 2.37. The largest absolute Gasteiger partial charge is 0.480 e. The first kappa shape index (κ1) is 15.7. The van der Waals surface area contributed by atoms with Crippen molar-refractivity contribution in [3.8, 4) is 0 Å². The van der Waals surface area contributed by atoms with Crippen LogP contribution in [0.3, 0.4) is 0 Å².